The van der Waals surface area contributed by atoms with Crippen LogP contribution < -0.4 is 5.32 Å². The zero-order valence-electron chi connectivity index (χ0n) is 13.3. The van der Waals surface area contributed by atoms with Crippen LogP contribution in [0.25, 0.3) is 10.9 Å². The van der Waals surface area contributed by atoms with E-state index in [2.05, 4.69) is 68.5 Å². The Bertz CT molecular complexity index is 581. The number of rotatable bonds is 4. The molecule has 1 N–H and O–H groups in total. The minimum Gasteiger partial charge on any atom is -0.316 e. The lowest BCUT2D eigenvalue weighted by atomic mass is 9.83. The van der Waals surface area contributed by atoms with E-state index >= 15 is 0 Å². The van der Waals surface area contributed by atoms with Gasteiger partial charge in [-0.25, -0.2) is 0 Å². The van der Waals surface area contributed by atoms with Crippen LogP contribution in [0.15, 0.2) is 30.3 Å². The van der Waals surface area contributed by atoms with E-state index in [9.17, 15) is 0 Å². The minimum atomic E-state index is 0.296. The molecular weight excluding hydrogens is 244 g/mol. The van der Waals surface area contributed by atoms with Gasteiger partial charge in [0, 0.05) is 17.1 Å². The Hall–Kier alpha value is -1.41. The van der Waals surface area contributed by atoms with Gasteiger partial charge in [-0.3, -0.25) is 4.98 Å². The lowest BCUT2D eigenvalue weighted by Gasteiger charge is -2.30. The highest BCUT2D eigenvalue weighted by atomic mass is 14.9. The number of aromatic nitrogens is 1. The lowest BCUT2D eigenvalue weighted by Crippen LogP contribution is -2.38. The van der Waals surface area contributed by atoms with E-state index in [-0.39, 0.29) is 0 Å². The molecule has 0 aliphatic heterocycles. The van der Waals surface area contributed by atoms with Crippen LogP contribution in [0.5, 0.6) is 0 Å². The van der Waals surface area contributed by atoms with E-state index in [0.29, 0.717) is 11.5 Å². The van der Waals surface area contributed by atoms with Crippen LogP contribution in [-0.2, 0) is 6.42 Å². The van der Waals surface area contributed by atoms with E-state index in [4.69, 9.17) is 0 Å². The molecular formula is C18H26N2. The summed E-state index contributed by atoms with van der Waals surface area (Å²) in [6, 6.07) is 11.4. The Labute approximate surface area is 122 Å². The maximum atomic E-state index is 4.56. The minimum absolute atomic E-state index is 0.296. The number of fused-ring (bicyclic) bond motifs is 1. The van der Waals surface area contributed by atoms with Crippen LogP contribution in [-0.4, -0.2) is 18.1 Å². The van der Waals surface area contributed by atoms with Crippen molar-refractivity contribution in [1.82, 2.24) is 10.3 Å². The molecule has 0 amide bonds. The molecule has 1 aromatic carbocycles. The summed E-state index contributed by atoms with van der Waals surface area (Å²) in [4.78, 5) is 4.56. The van der Waals surface area contributed by atoms with Crippen molar-refractivity contribution in [3.8, 4) is 0 Å². The van der Waals surface area contributed by atoms with Crippen molar-refractivity contribution in [1.29, 1.82) is 0 Å². The molecule has 0 radical (unpaired) electrons. The average molecular weight is 270 g/mol. The summed E-state index contributed by atoms with van der Waals surface area (Å²) < 4.78 is 0. The van der Waals surface area contributed by atoms with E-state index in [1.54, 1.807) is 0 Å². The van der Waals surface area contributed by atoms with Crippen molar-refractivity contribution in [2.75, 3.05) is 7.05 Å². The van der Waals surface area contributed by atoms with Gasteiger partial charge in [-0.2, -0.15) is 0 Å². The van der Waals surface area contributed by atoms with E-state index in [1.165, 1.54) is 10.9 Å². The third-order valence-corrected chi connectivity index (χ3v) is 4.01. The number of nitrogens with zero attached hydrogens (tertiary/aromatic N) is 1. The summed E-state index contributed by atoms with van der Waals surface area (Å²) in [7, 11) is 2.06. The van der Waals surface area contributed by atoms with Crippen molar-refractivity contribution in [2.24, 2.45) is 5.41 Å². The predicted molar refractivity (Wildman–Crippen MR) is 87.1 cm³/mol. The summed E-state index contributed by atoms with van der Waals surface area (Å²) in [6.45, 7) is 8.91. The fourth-order valence-corrected chi connectivity index (χ4v) is 2.75. The summed E-state index contributed by atoms with van der Waals surface area (Å²) in [5.74, 6) is 0. The van der Waals surface area contributed by atoms with Gasteiger partial charge >= 0.3 is 0 Å². The topological polar surface area (TPSA) is 24.9 Å². The van der Waals surface area contributed by atoms with Crippen LogP contribution in [0, 0.1) is 12.3 Å². The molecule has 0 bridgehead atoms. The number of aryl methyl sites for hydroxylation is 2. The molecule has 20 heavy (non-hydrogen) atoms. The second kappa shape index (κ2) is 5.92. The summed E-state index contributed by atoms with van der Waals surface area (Å²) in [5.41, 5.74) is 3.86. The van der Waals surface area contributed by atoms with E-state index in [1.807, 2.05) is 6.92 Å². The van der Waals surface area contributed by atoms with Crippen molar-refractivity contribution in [2.45, 2.75) is 46.6 Å². The molecule has 0 saturated heterocycles. The molecule has 2 nitrogen and oxygen atoms in total. The highest BCUT2D eigenvalue weighted by Crippen LogP contribution is 2.24. The van der Waals surface area contributed by atoms with Gasteiger partial charge in [0.25, 0.3) is 0 Å². The Morgan fingerprint density at radius 3 is 2.55 bits per heavy atom. The molecule has 2 aromatic rings. The van der Waals surface area contributed by atoms with Crippen LogP contribution in [0.2, 0.25) is 0 Å². The molecule has 1 aromatic heterocycles. The van der Waals surface area contributed by atoms with Gasteiger partial charge in [0.15, 0.2) is 0 Å². The maximum absolute atomic E-state index is 4.56. The molecule has 1 atom stereocenters. The normalized spacial score (nSPS) is 13.7. The first-order chi connectivity index (χ1) is 9.40. The Morgan fingerprint density at radius 2 is 1.90 bits per heavy atom. The lowest BCUT2D eigenvalue weighted by molar-refractivity contribution is 0.268. The highest BCUT2D eigenvalue weighted by molar-refractivity contribution is 5.79. The van der Waals surface area contributed by atoms with Gasteiger partial charge in [0.1, 0.15) is 0 Å². The van der Waals surface area contributed by atoms with E-state index in [0.717, 1.165) is 24.1 Å². The largest absolute Gasteiger partial charge is 0.316 e. The number of benzene rings is 1. The zero-order valence-corrected chi connectivity index (χ0v) is 13.3. The third kappa shape index (κ3) is 3.57. The Balaban J connectivity index is 2.12. The standard InChI is InChI=1S/C18H26N2/c1-13-6-9-15-12-14(7-10-16(15)20-13)8-11-17(19-5)18(2,3)4/h6-7,9-10,12,17,19H,8,11H2,1-5H3. The number of pyridine rings is 1. The molecule has 1 unspecified atom stereocenters. The van der Waals surface area contributed by atoms with Gasteiger partial charge < -0.3 is 5.32 Å². The molecule has 1 heterocycles. The van der Waals surface area contributed by atoms with E-state index < -0.39 is 0 Å². The quantitative estimate of drug-likeness (QED) is 0.904. The molecule has 2 heteroatoms. The summed E-state index contributed by atoms with van der Waals surface area (Å²) in [6.07, 6.45) is 2.26. The SMILES string of the molecule is CNC(CCc1ccc2nc(C)ccc2c1)C(C)(C)C. The second-order valence-electron chi connectivity index (χ2n) is 6.73. The first-order valence-corrected chi connectivity index (χ1v) is 7.44. The number of nitrogens with one attached hydrogen (secondary N) is 1. The molecule has 0 aliphatic rings. The van der Waals surface area contributed by atoms with Crippen LogP contribution in [0.1, 0.15) is 38.4 Å². The zero-order chi connectivity index (χ0) is 14.8. The fraction of sp³-hybridized carbons (Fsp3) is 0.500. The van der Waals surface area contributed by atoms with Crippen LogP contribution >= 0.6 is 0 Å². The van der Waals surface area contributed by atoms with Crippen LogP contribution in [0.4, 0.5) is 0 Å². The van der Waals surface area contributed by atoms with Crippen LogP contribution in [0.3, 0.4) is 0 Å². The first-order valence-electron chi connectivity index (χ1n) is 7.44. The van der Waals surface area contributed by atoms with Gasteiger partial charge in [0.05, 0.1) is 5.52 Å². The molecule has 0 saturated carbocycles. The smallest absolute Gasteiger partial charge is 0.0705 e. The first kappa shape index (κ1) is 15.0. The molecule has 0 aliphatic carbocycles. The average Bonchev–Trinajstić information content (AvgIpc) is 2.38. The van der Waals surface area contributed by atoms with Crippen molar-refractivity contribution < 1.29 is 0 Å². The van der Waals surface area contributed by atoms with Gasteiger partial charge in [-0.15, -0.1) is 0 Å². The van der Waals surface area contributed by atoms with Crippen molar-refractivity contribution >= 4 is 10.9 Å². The van der Waals surface area contributed by atoms with Gasteiger partial charge in [-0.05, 0) is 56.0 Å². The predicted octanol–water partition coefficient (Wildman–Crippen LogP) is 4.11. The highest BCUT2D eigenvalue weighted by Gasteiger charge is 2.22. The maximum Gasteiger partial charge on any atom is 0.0705 e. The summed E-state index contributed by atoms with van der Waals surface area (Å²) >= 11 is 0. The Kier molecular flexibility index (Phi) is 4.44. The second-order valence-corrected chi connectivity index (χ2v) is 6.73. The van der Waals surface area contributed by atoms with Gasteiger partial charge in [0.2, 0.25) is 0 Å². The molecule has 108 valence electrons. The number of hydrogen-bond donors (Lipinski definition) is 1. The van der Waals surface area contributed by atoms with Crippen molar-refractivity contribution in [3.63, 3.8) is 0 Å². The Morgan fingerprint density at radius 1 is 1.15 bits per heavy atom. The molecule has 2 rings (SSSR count). The number of hydrogen-bond acceptors (Lipinski definition) is 2. The third-order valence-electron chi connectivity index (χ3n) is 4.01. The van der Waals surface area contributed by atoms with Crippen molar-refractivity contribution in [3.05, 3.63) is 41.6 Å². The molecule has 0 spiro atoms. The summed E-state index contributed by atoms with van der Waals surface area (Å²) in [5, 5.41) is 4.69. The van der Waals surface area contributed by atoms with Gasteiger partial charge in [-0.1, -0.05) is 32.9 Å². The molecule has 0 fully saturated rings. The monoisotopic (exact) mass is 270 g/mol. The fourth-order valence-electron chi connectivity index (χ4n) is 2.75.